The van der Waals surface area contributed by atoms with Crippen LogP contribution in [-0.4, -0.2) is 36.3 Å². The predicted octanol–water partition coefficient (Wildman–Crippen LogP) is 5.71. The Balaban J connectivity index is 1.92. The molecule has 7 heteroatoms. The van der Waals surface area contributed by atoms with Crippen molar-refractivity contribution in [1.82, 2.24) is 9.27 Å². The van der Waals surface area contributed by atoms with Crippen LogP contribution in [-0.2, 0) is 0 Å². The van der Waals surface area contributed by atoms with Crippen LogP contribution in [0, 0.1) is 25.2 Å². The number of methoxy groups -OCH3 is 1. The molecule has 154 valence electrons. The van der Waals surface area contributed by atoms with E-state index in [2.05, 4.69) is 22.4 Å². The largest absolute Gasteiger partial charge is 0.497 e. The molecule has 1 heterocycles. The summed E-state index contributed by atoms with van der Waals surface area (Å²) in [6, 6.07) is 13.7. The number of ether oxygens (including phenoxy) is 2. The molecule has 3 aromatic rings. The van der Waals surface area contributed by atoms with Crippen LogP contribution in [0.3, 0.4) is 0 Å². The topological polar surface area (TPSA) is 70.7 Å². The van der Waals surface area contributed by atoms with Crippen molar-refractivity contribution in [3.63, 3.8) is 0 Å². The molecule has 0 aliphatic rings. The van der Waals surface area contributed by atoms with Gasteiger partial charge in [-0.25, -0.2) is 4.99 Å². The maximum atomic E-state index is 9.75. The molecular formula is C23H24N4O2S. The Morgan fingerprint density at radius 2 is 2.03 bits per heavy atom. The summed E-state index contributed by atoms with van der Waals surface area (Å²) < 4.78 is 15.9. The fourth-order valence-corrected chi connectivity index (χ4v) is 3.51. The zero-order chi connectivity index (χ0) is 21.7. The van der Waals surface area contributed by atoms with Crippen LogP contribution in [0.1, 0.15) is 23.6 Å². The molecule has 0 fully saturated rings. The molecule has 0 amide bonds. The summed E-state index contributed by atoms with van der Waals surface area (Å²) >= 11 is 1.17. The van der Waals surface area contributed by atoms with E-state index < -0.39 is 0 Å². The summed E-state index contributed by atoms with van der Waals surface area (Å²) in [5.74, 6) is 1.40. The maximum Gasteiger partial charge on any atom is 0.218 e. The highest BCUT2D eigenvalue weighted by molar-refractivity contribution is 7.08. The average Bonchev–Trinajstić information content (AvgIpc) is 3.17. The Kier molecular flexibility index (Phi) is 6.70. The van der Waals surface area contributed by atoms with E-state index in [-0.39, 0.29) is 0 Å². The third-order valence-electron chi connectivity index (χ3n) is 4.70. The molecule has 6 nitrogen and oxygen atoms in total. The zero-order valence-corrected chi connectivity index (χ0v) is 18.6. The van der Waals surface area contributed by atoms with Crippen molar-refractivity contribution in [3.8, 4) is 33.9 Å². The van der Waals surface area contributed by atoms with Crippen molar-refractivity contribution in [2.45, 2.75) is 20.8 Å². The Hall–Kier alpha value is -3.37. The lowest BCUT2D eigenvalue weighted by Gasteiger charge is -2.12. The lowest BCUT2D eigenvalue weighted by molar-refractivity contribution is 0.415. The van der Waals surface area contributed by atoms with Gasteiger partial charge in [0.2, 0.25) is 5.06 Å². The molecule has 0 aliphatic heterocycles. The minimum Gasteiger partial charge on any atom is -0.497 e. The molecular weight excluding hydrogens is 396 g/mol. The number of hydrogen-bond donors (Lipinski definition) is 0. The van der Waals surface area contributed by atoms with Gasteiger partial charge in [-0.1, -0.05) is 12.1 Å². The molecule has 0 atom stereocenters. The lowest BCUT2D eigenvalue weighted by Crippen LogP contribution is -2.14. The maximum absolute atomic E-state index is 9.75. The van der Waals surface area contributed by atoms with E-state index in [0.717, 1.165) is 28.9 Å². The average molecular weight is 421 g/mol. The fourth-order valence-electron chi connectivity index (χ4n) is 2.78. The minimum atomic E-state index is 0.414. The first kappa shape index (κ1) is 21.3. The minimum absolute atomic E-state index is 0.414. The molecule has 0 bridgehead atoms. The molecule has 2 aromatic carbocycles. The third kappa shape index (κ3) is 4.61. The first-order valence-corrected chi connectivity index (χ1v) is 10.3. The number of aromatic nitrogens is 1. The van der Waals surface area contributed by atoms with Gasteiger partial charge in [0.1, 0.15) is 28.8 Å². The van der Waals surface area contributed by atoms with Gasteiger partial charge in [0, 0.05) is 30.7 Å². The predicted molar refractivity (Wildman–Crippen MR) is 121 cm³/mol. The molecule has 1 aromatic heterocycles. The second kappa shape index (κ2) is 9.42. The van der Waals surface area contributed by atoms with Crippen LogP contribution in [0.2, 0.25) is 0 Å². The van der Waals surface area contributed by atoms with E-state index in [1.165, 1.54) is 11.5 Å². The summed E-state index contributed by atoms with van der Waals surface area (Å²) in [7, 11) is 3.59. The van der Waals surface area contributed by atoms with Crippen molar-refractivity contribution in [3.05, 3.63) is 53.1 Å². The Morgan fingerprint density at radius 1 is 1.23 bits per heavy atom. The first-order valence-electron chi connectivity index (χ1n) is 9.54. The smallest absolute Gasteiger partial charge is 0.218 e. The van der Waals surface area contributed by atoms with Gasteiger partial charge in [-0.3, -0.25) is 0 Å². The van der Waals surface area contributed by atoms with Gasteiger partial charge in [0.05, 0.1) is 19.1 Å². The first-order chi connectivity index (χ1) is 14.5. The monoisotopic (exact) mass is 420 g/mol. The van der Waals surface area contributed by atoms with Crippen LogP contribution in [0.5, 0.6) is 16.6 Å². The van der Waals surface area contributed by atoms with E-state index in [9.17, 15) is 5.26 Å². The highest BCUT2D eigenvalue weighted by Crippen LogP contribution is 2.39. The van der Waals surface area contributed by atoms with Crippen molar-refractivity contribution in [2.24, 2.45) is 4.99 Å². The van der Waals surface area contributed by atoms with Gasteiger partial charge in [0.15, 0.2) is 0 Å². The molecule has 0 N–H and O–H groups in total. The number of hydrogen-bond acceptors (Lipinski definition) is 6. The third-order valence-corrected chi connectivity index (χ3v) is 5.43. The number of aryl methyl sites for hydroxylation is 2. The summed E-state index contributed by atoms with van der Waals surface area (Å²) in [5, 5.41) is 10.2. The Labute approximate surface area is 181 Å². The SMILES string of the molecule is CCN(C)/C=N\c1cc(C)c(Oc2snc(-c3cccc(OC)c3)c2C#N)cc1C. The second-order valence-electron chi connectivity index (χ2n) is 6.86. The molecule has 0 radical (unpaired) electrons. The number of benzene rings is 2. The molecule has 30 heavy (non-hydrogen) atoms. The van der Waals surface area contributed by atoms with Crippen LogP contribution in [0.25, 0.3) is 11.3 Å². The van der Waals surface area contributed by atoms with Crippen molar-refractivity contribution in [2.75, 3.05) is 20.7 Å². The normalized spacial score (nSPS) is 10.8. The summed E-state index contributed by atoms with van der Waals surface area (Å²) in [6.07, 6.45) is 1.82. The molecule has 3 rings (SSSR count). The molecule has 0 unspecified atom stereocenters. The van der Waals surface area contributed by atoms with E-state index in [1.54, 1.807) is 7.11 Å². The van der Waals surface area contributed by atoms with E-state index in [1.807, 2.05) is 68.5 Å². The fraction of sp³-hybridized carbons (Fsp3) is 0.261. The van der Waals surface area contributed by atoms with E-state index >= 15 is 0 Å². The van der Waals surface area contributed by atoms with Gasteiger partial charge >= 0.3 is 0 Å². The highest BCUT2D eigenvalue weighted by atomic mass is 32.1. The lowest BCUT2D eigenvalue weighted by atomic mass is 10.1. The quantitative estimate of drug-likeness (QED) is 0.362. The van der Waals surface area contributed by atoms with Gasteiger partial charge < -0.3 is 14.4 Å². The molecule has 0 saturated carbocycles. The van der Waals surface area contributed by atoms with Crippen molar-refractivity contribution >= 4 is 23.6 Å². The van der Waals surface area contributed by atoms with Crippen molar-refractivity contribution in [1.29, 1.82) is 5.26 Å². The highest BCUT2D eigenvalue weighted by Gasteiger charge is 2.19. The summed E-state index contributed by atoms with van der Waals surface area (Å²) in [5.41, 5.74) is 4.64. The van der Waals surface area contributed by atoms with Crippen LogP contribution in [0.4, 0.5) is 5.69 Å². The van der Waals surface area contributed by atoms with Crippen molar-refractivity contribution < 1.29 is 9.47 Å². The molecule has 0 spiro atoms. The molecule has 0 aliphatic carbocycles. The van der Waals surface area contributed by atoms with E-state index in [0.29, 0.717) is 27.8 Å². The van der Waals surface area contributed by atoms with Gasteiger partial charge in [-0.15, -0.1) is 0 Å². The van der Waals surface area contributed by atoms with Gasteiger partial charge in [-0.05, 0) is 56.2 Å². The van der Waals surface area contributed by atoms with Gasteiger partial charge in [0.25, 0.3) is 0 Å². The Morgan fingerprint density at radius 3 is 2.73 bits per heavy atom. The molecule has 0 saturated heterocycles. The van der Waals surface area contributed by atoms with Gasteiger partial charge in [-0.2, -0.15) is 9.64 Å². The number of nitrogens with zero attached hydrogens (tertiary/aromatic N) is 4. The zero-order valence-electron chi connectivity index (χ0n) is 17.8. The second-order valence-corrected chi connectivity index (χ2v) is 7.60. The Bertz CT molecular complexity index is 1110. The number of aliphatic imine (C=N–C) groups is 1. The summed E-state index contributed by atoms with van der Waals surface area (Å²) in [4.78, 5) is 6.56. The van der Waals surface area contributed by atoms with Crippen LogP contribution >= 0.6 is 11.5 Å². The standard InChI is InChI=1S/C23H24N4O2S/c1-6-27(4)14-25-20-10-16(3)21(11-15(20)2)29-23-19(13-24)22(26-30-23)17-8-7-9-18(12-17)28-5/h7-12,14H,6H2,1-5H3/b25-14-. The van der Waals surface area contributed by atoms with E-state index in [4.69, 9.17) is 9.47 Å². The number of rotatable bonds is 7. The summed E-state index contributed by atoms with van der Waals surface area (Å²) in [6.45, 7) is 6.92. The van der Waals surface area contributed by atoms with Crippen LogP contribution in [0.15, 0.2) is 41.4 Å². The van der Waals surface area contributed by atoms with Crippen LogP contribution < -0.4 is 9.47 Å². The number of nitriles is 1.